The molecule has 0 aliphatic carbocycles. The SMILES string of the molecule is CC(C)CCC(C)NC(=O)C1CCCN(S(=O)(=O)c2ccc(Cl)cc2)C1. The van der Waals surface area contributed by atoms with Gasteiger partial charge in [-0.15, -0.1) is 0 Å². The zero-order valence-electron chi connectivity index (χ0n) is 15.7. The summed E-state index contributed by atoms with van der Waals surface area (Å²) in [5.41, 5.74) is 0. The monoisotopic (exact) mass is 400 g/mol. The van der Waals surface area contributed by atoms with Gasteiger partial charge in [0, 0.05) is 24.2 Å². The summed E-state index contributed by atoms with van der Waals surface area (Å²) in [6, 6.07) is 6.26. The lowest BCUT2D eigenvalue weighted by atomic mass is 9.97. The Bertz CT molecular complexity index is 704. The van der Waals surface area contributed by atoms with Crippen molar-refractivity contribution >= 4 is 27.5 Å². The van der Waals surface area contributed by atoms with Crippen molar-refractivity contribution in [2.75, 3.05) is 13.1 Å². The number of nitrogens with zero attached hydrogens (tertiary/aromatic N) is 1. The molecule has 26 heavy (non-hydrogen) atoms. The molecule has 7 heteroatoms. The molecule has 2 rings (SSSR count). The van der Waals surface area contributed by atoms with E-state index in [2.05, 4.69) is 19.2 Å². The van der Waals surface area contributed by atoms with E-state index in [0.717, 1.165) is 19.3 Å². The lowest BCUT2D eigenvalue weighted by Crippen LogP contribution is -2.47. The third-order valence-electron chi connectivity index (χ3n) is 4.77. The molecule has 1 aliphatic rings. The van der Waals surface area contributed by atoms with E-state index >= 15 is 0 Å². The van der Waals surface area contributed by atoms with Crippen LogP contribution in [0.15, 0.2) is 29.2 Å². The van der Waals surface area contributed by atoms with E-state index in [1.807, 2.05) is 6.92 Å². The first kappa shape index (κ1) is 21.2. The zero-order valence-corrected chi connectivity index (χ0v) is 17.3. The first-order chi connectivity index (χ1) is 12.2. The molecule has 0 aromatic heterocycles. The fourth-order valence-corrected chi connectivity index (χ4v) is 4.80. The number of hydrogen-bond acceptors (Lipinski definition) is 3. The Morgan fingerprint density at radius 2 is 1.88 bits per heavy atom. The quantitative estimate of drug-likeness (QED) is 0.759. The van der Waals surface area contributed by atoms with Crippen molar-refractivity contribution in [3.8, 4) is 0 Å². The molecule has 1 fully saturated rings. The smallest absolute Gasteiger partial charge is 0.243 e. The standard InChI is InChI=1S/C19H29ClN2O3S/c1-14(2)6-7-15(3)21-19(23)16-5-4-12-22(13-16)26(24,25)18-10-8-17(20)9-11-18/h8-11,14-16H,4-7,12-13H2,1-3H3,(H,21,23). The third kappa shape index (κ3) is 5.69. The van der Waals surface area contributed by atoms with Gasteiger partial charge in [-0.1, -0.05) is 25.4 Å². The highest BCUT2D eigenvalue weighted by Crippen LogP contribution is 2.25. The topological polar surface area (TPSA) is 66.5 Å². The van der Waals surface area contributed by atoms with Crippen molar-refractivity contribution < 1.29 is 13.2 Å². The molecule has 1 amide bonds. The molecule has 5 nitrogen and oxygen atoms in total. The minimum Gasteiger partial charge on any atom is -0.353 e. The summed E-state index contributed by atoms with van der Waals surface area (Å²) in [6.07, 6.45) is 3.40. The Balaban J connectivity index is 1.99. The summed E-state index contributed by atoms with van der Waals surface area (Å²) in [7, 11) is -3.60. The van der Waals surface area contributed by atoms with E-state index in [1.165, 1.54) is 16.4 Å². The maximum absolute atomic E-state index is 12.8. The van der Waals surface area contributed by atoms with E-state index in [0.29, 0.717) is 23.9 Å². The van der Waals surface area contributed by atoms with Crippen molar-refractivity contribution in [2.45, 2.75) is 57.4 Å². The van der Waals surface area contributed by atoms with Crippen LogP contribution in [0.1, 0.15) is 46.5 Å². The summed E-state index contributed by atoms with van der Waals surface area (Å²) < 4.78 is 27.1. The Kier molecular flexibility index (Phi) is 7.50. The highest BCUT2D eigenvalue weighted by molar-refractivity contribution is 7.89. The number of hydrogen-bond donors (Lipinski definition) is 1. The number of nitrogens with one attached hydrogen (secondary N) is 1. The number of carbonyl (C=O) groups is 1. The largest absolute Gasteiger partial charge is 0.353 e. The first-order valence-electron chi connectivity index (χ1n) is 9.26. The number of piperidine rings is 1. The van der Waals surface area contributed by atoms with Gasteiger partial charge in [0.15, 0.2) is 0 Å². The Labute approximate surface area is 162 Å². The fraction of sp³-hybridized carbons (Fsp3) is 0.632. The van der Waals surface area contributed by atoms with Gasteiger partial charge in [0.1, 0.15) is 0 Å². The molecule has 0 saturated carbocycles. The second-order valence-electron chi connectivity index (χ2n) is 7.54. The maximum atomic E-state index is 12.8. The number of halogens is 1. The summed E-state index contributed by atoms with van der Waals surface area (Å²) >= 11 is 5.84. The highest BCUT2D eigenvalue weighted by atomic mass is 35.5. The third-order valence-corrected chi connectivity index (χ3v) is 6.90. The number of sulfonamides is 1. The van der Waals surface area contributed by atoms with Crippen molar-refractivity contribution in [1.29, 1.82) is 0 Å². The van der Waals surface area contributed by atoms with Crippen LogP contribution in [0.2, 0.25) is 5.02 Å². The number of benzene rings is 1. The van der Waals surface area contributed by atoms with Gasteiger partial charge in [-0.3, -0.25) is 4.79 Å². The molecule has 1 aliphatic heterocycles. The van der Waals surface area contributed by atoms with Gasteiger partial charge in [-0.25, -0.2) is 8.42 Å². The van der Waals surface area contributed by atoms with Crippen molar-refractivity contribution in [1.82, 2.24) is 9.62 Å². The lowest BCUT2D eigenvalue weighted by Gasteiger charge is -2.32. The first-order valence-corrected chi connectivity index (χ1v) is 11.1. The molecular formula is C19H29ClN2O3S. The van der Waals surface area contributed by atoms with Crippen LogP contribution < -0.4 is 5.32 Å². The van der Waals surface area contributed by atoms with E-state index in [9.17, 15) is 13.2 Å². The molecule has 1 N–H and O–H groups in total. The predicted octanol–water partition coefficient (Wildman–Crippen LogP) is 3.68. The van der Waals surface area contributed by atoms with Crippen molar-refractivity contribution in [2.24, 2.45) is 11.8 Å². The van der Waals surface area contributed by atoms with Gasteiger partial charge in [-0.2, -0.15) is 4.31 Å². The second kappa shape index (κ2) is 9.20. The molecule has 2 unspecified atom stereocenters. The molecule has 0 spiro atoms. The minimum atomic E-state index is -3.60. The molecule has 1 heterocycles. The van der Waals surface area contributed by atoms with Gasteiger partial charge in [0.2, 0.25) is 15.9 Å². The normalized spacial score (nSPS) is 20.1. The molecule has 0 bridgehead atoms. The Hall–Kier alpha value is -1.11. The Morgan fingerprint density at radius 3 is 2.50 bits per heavy atom. The molecule has 146 valence electrons. The fourth-order valence-electron chi connectivity index (χ4n) is 3.15. The molecule has 1 saturated heterocycles. The number of amides is 1. The van der Waals surface area contributed by atoms with Crippen LogP contribution in [-0.2, 0) is 14.8 Å². The summed E-state index contributed by atoms with van der Waals surface area (Å²) in [4.78, 5) is 12.8. The number of rotatable bonds is 7. The zero-order chi connectivity index (χ0) is 19.3. The highest BCUT2D eigenvalue weighted by Gasteiger charge is 2.33. The van der Waals surface area contributed by atoms with Crippen LogP contribution in [0.4, 0.5) is 0 Å². The summed E-state index contributed by atoms with van der Waals surface area (Å²) in [5, 5.41) is 3.54. The van der Waals surface area contributed by atoms with Crippen molar-refractivity contribution in [3.63, 3.8) is 0 Å². The van der Waals surface area contributed by atoms with Crippen LogP contribution in [0.5, 0.6) is 0 Å². The van der Waals surface area contributed by atoms with Crippen molar-refractivity contribution in [3.05, 3.63) is 29.3 Å². The van der Waals surface area contributed by atoms with E-state index in [4.69, 9.17) is 11.6 Å². The van der Waals surface area contributed by atoms with Gasteiger partial charge in [-0.05, 0) is 62.8 Å². The second-order valence-corrected chi connectivity index (χ2v) is 9.91. The van der Waals surface area contributed by atoms with Crippen LogP contribution in [0, 0.1) is 11.8 Å². The van der Waals surface area contributed by atoms with Gasteiger partial charge in [0.25, 0.3) is 0 Å². The van der Waals surface area contributed by atoms with E-state index < -0.39 is 10.0 Å². The lowest BCUT2D eigenvalue weighted by molar-refractivity contribution is -0.126. The molecule has 1 aromatic carbocycles. The average Bonchev–Trinajstić information content (AvgIpc) is 2.60. The van der Waals surface area contributed by atoms with Crippen LogP contribution in [-0.4, -0.2) is 37.8 Å². The van der Waals surface area contributed by atoms with E-state index in [-0.39, 0.29) is 29.3 Å². The Morgan fingerprint density at radius 1 is 1.23 bits per heavy atom. The van der Waals surface area contributed by atoms with Gasteiger partial charge < -0.3 is 5.32 Å². The molecule has 2 atom stereocenters. The van der Waals surface area contributed by atoms with E-state index in [1.54, 1.807) is 12.1 Å². The average molecular weight is 401 g/mol. The minimum absolute atomic E-state index is 0.0442. The maximum Gasteiger partial charge on any atom is 0.243 e. The van der Waals surface area contributed by atoms with Crippen LogP contribution in [0.3, 0.4) is 0 Å². The number of carbonyl (C=O) groups excluding carboxylic acids is 1. The predicted molar refractivity (Wildman–Crippen MR) is 105 cm³/mol. The van der Waals surface area contributed by atoms with Gasteiger partial charge in [0.05, 0.1) is 10.8 Å². The van der Waals surface area contributed by atoms with Crippen LogP contribution in [0.25, 0.3) is 0 Å². The molecule has 1 aromatic rings. The summed E-state index contributed by atoms with van der Waals surface area (Å²) in [6.45, 7) is 7.00. The van der Waals surface area contributed by atoms with Gasteiger partial charge >= 0.3 is 0 Å². The summed E-state index contributed by atoms with van der Waals surface area (Å²) in [5.74, 6) is 0.258. The molecular weight excluding hydrogens is 372 g/mol. The molecule has 0 radical (unpaired) electrons. The van der Waals surface area contributed by atoms with Crippen LogP contribution >= 0.6 is 11.6 Å².